The molecule has 0 saturated carbocycles. The molecule has 2 aliphatic rings. The Morgan fingerprint density at radius 3 is 1.16 bits per heavy atom. The van der Waals surface area contributed by atoms with Gasteiger partial charge in [-0.3, -0.25) is 0 Å². The summed E-state index contributed by atoms with van der Waals surface area (Å²) in [5.41, 5.74) is 21.0. The van der Waals surface area contributed by atoms with Crippen molar-refractivity contribution < 1.29 is 0 Å². The van der Waals surface area contributed by atoms with Gasteiger partial charge in [-0.2, -0.15) is 0 Å². The Kier molecular flexibility index (Phi) is 9.83. The molecule has 350 valence electrons. The molecule has 13 aromatic rings. The predicted octanol–water partition coefficient (Wildman–Crippen LogP) is 19.8. The fraction of sp³-hybridized carbons (Fsp3) is 0.0137. The molecule has 0 fully saturated rings. The molecule has 2 aliphatic carbocycles. The van der Waals surface area contributed by atoms with Gasteiger partial charge in [-0.05, 0) is 155 Å². The second-order valence-corrected chi connectivity index (χ2v) is 19.9. The van der Waals surface area contributed by atoms with E-state index in [2.05, 4.69) is 301 Å². The maximum Gasteiger partial charge on any atom is 0.0727 e. The van der Waals surface area contributed by atoms with Gasteiger partial charge in [0.25, 0.3) is 0 Å². The number of para-hydroxylation sites is 2. The average molecular weight is 953 g/mol. The van der Waals surface area contributed by atoms with Gasteiger partial charge in [0.2, 0.25) is 0 Å². The first-order valence-electron chi connectivity index (χ1n) is 26.0. The Bertz CT molecular complexity index is 4360. The molecule has 1 atom stereocenters. The standard InChI is InChI=1S/C73H48N2/c1-4-23-52(24-5-1)71-59-30-14-12-21-50(59)38-44-69(71)74(55-26-6-2-7-27-55)57-40-42-63-61-32-16-18-34-65(61)73(67(63)47-57)66-35-19-17-33-62(66)64-43-41-58(48-68(64)73)75(56-28-8-3-9-29-56)70-45-39-51-22-13-15-31-60(51)72(70)54-37-36-49-20-10-11-25-53(49)46-54/h1-48H. The van der Waals surface area contributed by atoms with E-state index in [0.717, 1.165) is 34.1 Å². The third-order valence-corrected chi connectivity index (χ3v) is 16.0. The van der Waals surface area contributed by atoms with Crippen LogP contribution in [0.5, 0.6) is 0 Å². The summed E-state index contributed by atoms with van der Waals surface area (Å²) in [6.45, 7) is 0. The summed E-state index contributed by atoms with van der Waals surface area (Å²) in [7, 11) is 0. The minimum atomic E-state index is -0.634. The zero-order valence-electron chi connectivity index (χ0n) is 41.1. The highest BCUT2D eigenvalue weighted by Crippen LogP contribution is 2.64. The highest BCUT2D eigenvalue weighted by Gasteiger charge is 2.52. The van der Waals surface area contributed by atoms with Crippen molar-refractivity contribution in [1.29, 1.82) is 0 Å². The van der Waals surface area contributed by atoms with E-state index in [1.54, 1.807) is 0 Å². The quantitative estimate of drug-likeness (QED) is 0.150. The van der Waals surface area contributed by atoms with Crippen LogP contribution in [0.25, 0.3) is 76.8 Å². The van der Waals surface area contributed by atoms with Crippen molar-refractivity contribution in [3.63, 3.8) is 0 Å². The molecule has 0 radical (unpaired) electrons. The Hall–Kier alpha value is -9.76. The molecule has 0 saturated heterocycles. The van der Waals surface area contributed by atoms with E-state index in [4.69, 9.17) is 0 Å². The highest BCUT2D eigenvalue weighted by atomic mass is 15.2. The van der Waals surface area contributed by atoms with E-state index in [1.807, 2.05) is 0 Å². The largest absolute Gasteiger partial charge is 0.310 e. The van der Waals surface area contributed by atoms with Crippen molar-refractivity contribution in [1.82, 2.24) is 0 Å². The van der Waals surface area contributed by atoms with Gasteiger partial charge in [0.15, 0.2) is 0 Å². The van der Waals surface area contributed by atoms with Crippen LogP contribution in [-0.4, -0.2) is 0 Å². The van der Waals surface area contributed by atoms with Crippen LogP contribution < -0.4 is 9.80 Å². The van der Waals surface area contributed by atoms with E-state index in [9.17, 15) is 0 Å². The fourth-order valence-corrected chi connectivity index (χ4v) is 12.9. The van der Waals surface area contributed by atoms with Crippen LogP contribution in [0.4, 0.5) is 34.1 Å². The van der Waals surface area contributed by atoms with E-state index >= 15 is 0 Å². The monoisotopic (exact) mass is 952 g/mol. The van der Waals surface area contributed by atoms with Crippen LogP contribution in [0.1, 0.15) is 22.3 Å². The highest BCUT2D eigenvalue weighted by molar-refractivity contribution is 6.08. The van der Waals surface area contributed by atoms with Crippen LogP contribution in [0.15, 0.2) is 291 Å². The minimum Gasteiger partial charge on any atom is -0.310 e. The zero-order chi connectivity index (χ0) is 49.5. The number of hydrogen-bond acceptors (Lipinski definition) is 2. The van der Waals surface area contributed by atoms with Crippen molar-refractivity contribution in [2.24, 2.45) is 0 Å². The summed E-state index contributed by atoms with van der Waals surface area (Å²) in [6, 6.07) is 108. The van der Waals surface area contributed by atoms with Gasteiger partial charge in [0.1, 0.15) is 0 Å². The summed E-state index contributed by atoms with van der Waals surface area (Å²) in [6.07, 6.45) is 0. The summed E-state index contributed by atoms with van der Waals surface area (Å²) in [5, 5.41) is 7.30. The summed E-state index contributed by atoms with van der Waals surface area (Å²) < 4.78 is 0. The van der Waals surface area contributed by atoms with Crippen LogP contribution in [0, 0.1) is 0 Å². The van der Waals surface area contributed by atoms with Gasteiger partial charge in [-0.25, -0.2) is 0 Å². The Morgan fingerprint density at radius 2 is 0.627 bits per heavy atom. The SMILES string of the molecule is c1ccc(-c2c(N(c3ccccc3)c3ccc4c(c3)C3(c5ccccc5-4)c4ccccc4-c4ccc(N(c5ccccc5)c5ccc6ccccc6c5-c5ccc6ccccc6c5)cc43)ccc3ccccc23)cc1. The molecule has 2 heteroatoms. The number of nitrogens with zero attached hydrogens (tertiary/aromatic N) is 2. The molecule has 0 aromatic heterocycles. The van der Waals surface area contributed by atoms with Crippen LogP contribution in [0.2, 0.25) is 0 Å². The number of benzene rings is 13. The van der Waals surface area contributed by atoms with Crippen LogP contribution >= 0.6 is 0 Å². The summed E-state index contributed by atoms with van der Waals surface area (Å²) >= 11 is 0. The van der Waals surface area contributed by atoms with Gasteiger partial charge in [0.05, 0.1) is 16.8 Å². The molecular weight excluding hydrogens is 905 g/mol. The van der Waals surface area contributed by atoms with Crippen LogP contribution in [0.3, 0.4) is 0 Å². The molecule has 1 spiro atoms. The van der Waals surface area contributed by atoms with Gasteiger partial charge in [0, 0.05) is 33.9 Å². The number of anilines is 6. The van der Waals surface area contributed by atoms with Crippen molar-refractivity contribution in [2.75, 3.05) is 9.80 Å². The van der Waals surface area contributed by atoms with Gasteiger partial charge in [-0.1, -0.05) is 224 Å². The smallest absolute Gasteiger partial charge is 0.0727 e. The second kappa shape index (κ2) is 17.2. The minimum absolute atomic E-state index is 0.634. The molecule has 0 bridgehead atoms. The topological polar surface area (TPSA) is 6.48 Å². The second-order valence-electron chi connectivity index (χ2n) is 19.9. The number of rotatable bonds is 8. The molecular formula is C73H48N2. The molecule has 75 heavy (non-hydrogen) atoms. The van der Waals surface area contributed by atoms with Crippen molar-refractivity contribution in [3.05, 3.63) is 313 Å². The fourth-order valence-electron chi connectivity index (χ4n) is 12.9. The first-order chi connectivity index (χ1) is 37.2. The molecule has 0 amide bonds. The molecule has 0 heterocycles. The lowest BCUT2D eigenvalue weighted by Crippen LogP contribution is -2.26. The third kappa shape index (κ3) is 6.60. The molecule has 0 aliphatic heterocycles. The van der Waals surface area contributed by atoms with E-state index < -0.39 is 5.41 Å². The predicted molar refractivity (Wildman–Crippen MR) is 315 cm³/mol. The van der Waals surface area contributed by atoms with Gasteiger partial charge < -0.3 is 9.80 Å². The number of fused-ring (bicyclic) bond motifs is 13. The number of hydrogen-bond donors (Lipinski definition) is 0. The molecule has 1 unspecified atom stereocenters. The van der Waals surface area contributed by atoms with Crippen LogP contribution in [-0.2, 0) is 5.41 Å². The first kappa shape index (κ1) is 42.9. The van der Waals surface area contributed by atoms with E-state index in [1.165, 1.54) is 99.1 Å². The van der Waals surface area contributed by atoms with E-state index in [-0.39, 0.29) is 0 Å². The normalized spacial score (nSPS) is 13.9. The van der Waals surface area contributed by atoms with Crippen molar-refractivity contribution in [2.45, 2.75) is 5.41 Å². The molecule has 2 nitrogen and oxygen atoms in total. The Labute approximate surface area is 437 Å². The lowest BCUT2D eigenvalue weighted by Gasteiger charge is -2.34. The van der Waals surface area contributed by atoms with Crippen molar-refractivity contribution in [3.8, 4) is 44.5 Å². The summed E-state index contributed by atoms with van der Waals surface area (Å²) in [4.78, 5) is 4.98. The zero-order valence-corrected chi connectivity index (χ0v) is 41.1. The van der Waals surface area contributed by atoms with Gasteiger partial charge >= 0.3 is 0 Å². The lowest BCUT2D eigenvalue weighted by molar-refractivity contribution is 0.793. The maximum atomic E-state index is 2.52. The third-order valence-electron chi connectivity index (χ3n) is 16.0. The van der Waals surface area contributed by atoms with Crippen molar-refractivity contribution >= 4 is 66.4 Å². The Balaban J connectivity index is 0.992. The lowest BCUT2D eigenvalue weighted by atomic mass is 9.70. The molecule has 15 rings (SSSR count). The maximum absolute atomic E-state index is 2.52. The van der Waals surface area contributed by atoms with Gasteiger partial charge in [-0.15, -0.1) is 0 Å². The molecule has 0 N–H and O–H groups in total. The molecule has 13 aromatic carbocycles. The average Bonchev–Trinajstić information content (AvgIpc) is 4.17. The van der Waals surface area contributed by atoms with E-state index in [0.29, 0.717) is 0 Å². The summed E-state index contributed by atoms with van der Waals surface area (Å²) in [5.74, 6) is 0. The Morgan fingerprint density at radius 1 is 0.227 bits per heavy atom. The first-order valence-corrected chi connectivity index (χ1v) is 26.0.